The van der Waals surface area contributed by atoms with E-state index in [4.69, 9.17) is 11.6 Å². The van der Waals surface area contributed by atoms with E-state index in [0.29, 0.717) is 5.02 Å². The van der Waals surface area contributed by atoms with E-state index >= 15 is 0 Å². The Morgan fingerprint density at radius 3 is 2.27 bits per heavy atom. The molecule has 1 nitrogen and oxygen atoms in total. The molecule has 4 heteroatoms. The first kappa shape index (κ1) is 13.0. The van der Waals surface area contributed by atoms with Crippen LogP contribution in [0.25, 0.3) is 0 Å². The molecule has 1 aromatic rings. The molecule has 1 aromatic carbocycles. The number of aliphatic hydroxyl groups excluding tert-OH is 1. The highest BCUT2D eigenvalue weighted by Crippen LogP contribution is 2.28. The van der Waals surface area contributed by atoms with E-state index in [1.807, 2.05) is 30.7 Å². The summed E-state index contributed by atoms with van der Waals surface area (Å²) in [5.41, 5.74) is 0.861. The van der Waals surface area contributed by atoms with Gasteiger partial charge in [0.25, 0.3) is 0 Å². The van der Waals surface area contributed by atoms with Crippen molar-refractivity contribution in [3.63, 3.8) is 0 Å². The van der Waals surface area contributed by atoms with Crippen LogP contribution < -0.4 is 0 Å². The highest BCUT2D eigenvalue weighted by molar-refractivity contribution is 8.21. The minimum atomic E-state index is -0.558. The zero-order chi connectivity index (χ0) is 11.3. The van der Waals surface area contributed by atoms with Gasteiger partial charge in [0, 0.05) is 9.26 Å². The summed E-state index contributed by atoms with van der Waals surface area (Å²) < 4.78 is 1.11. The van der Waals surface area contributed by atoms with Crippen LogP contribution >= 0.6 is 35.1 Å². The lowest BCUT2D eigenvalue weighted by molar-refractivity contribution is 0.229. The normalized spacial score (nSPS) is 12.3. The summed E-state index contributed by atoms with van der Waals surface area (Å²) in [7, 11) is 0. The maximum atomic E-state index is 9.90. The number of thioether (sulfide) groups is 2. The summed E-state index contributed by atoms with van der Waals surface area (Å²) in [6.07, 6.45) is 5.28. The van der Waals surface area contributed by atoms with Crippen molar-refractivity contribution >= 4 is 35.1 Å². The molecule has 1 N–H and O–H groups in total. The quantitative estimate of drug-likeness (QED) is 0.886. The first-order valence-electron chi connectivity index (χ1n) is 4.40. The maximum Gasteiger partial charge on any atom is 0.0990 e. The fraction of sp³-hybridized carbons (Fsp3) is 0.273. The molecule has 1 rings (SSSR count). The van der Waals surface area contributed by atoms with Gasteiger partial charge in [0.15, 0.2) is 0 Å². The van der Waals surface area contributed by atoms with Gasteiger partial charge in [-0.2, -0.15) is 0 Å². The number of benzene rings is 1. The number of hydrogen-bond acceptors (Lipinski definition) is 3. The highest BCUT2D eigenvalue weighted by atomic mass is 35.5. The molecular weight excluding hydrogens is 248 g/mol. The van der Waals surface area contributed by atoms with E-state index in [9.17, 15) is 5.11 Å². The van der Waals surface area contributed by atoms with Crippen LogP contribution in [0.2, 0.25) is 5.02 Å². The van der Waals surface area contributed by atoms with Gasteiger partial charge >= 0.3 is 0 Å². The molecular formula is C11H13ClOS2. The second-order valence-electron chi connectivity index (χ2n) is 2.89. The number of aliphatic hydroxyl groups is 1. The van der Waals surface area contributed by atoms with Crippen molar-refractivity contribution in [2.75, 3.05) is 12.5 Å². The predicted molar refractivity (Wildman–Crippen MR) is 71.5 cm³/mol. The maximum absolute atomic E-state index is 9.90. The molecule has 0 aliphatic rings. The van der Waals surface area contributed by atoms with Crippen molar-refractivity contribution in [3.05, 3.63) is 45.2 Å². The zero-order valence-electron chi connectivity index (χ0n) is 8.61. The van der Waals surface area contributed by atoms with E-state index in [0.717, 1.165) is 9.80 Å². The molecule has 0 heterocycles. The third kappa shape index (κ3) is 4.11. The van der Waals surface area contributed by atoms with E-state index in [1.54, 1.807) is 35.7 Å². The van der Waals surface area contributed by atoms with Gasteiger partial charge < -0.3 is 5.11 Å². The summed E-state index contributed by atoms with van der Waals surface area (Å²) in [6.45, 7) is 0. The number of hydrogen-bond donors (Lipinski definition) is 1. The lowest BCUT2D eigenvalue weighted by atomic mass is 10.1. The van der Waals surface area contributed by atoms with Crippen LogP contribution in [-0.2, 0) is 0 Å². The van der Waals surface area contributed by atoms with Gasteiger partial charge in [-0.1, -0.05) is 23.7 Å². The summed E-state index contributed by atoms with van der Waals surface area (Å²) in [5, 5.41) is 10.6. The molecule has 0 radical (unpaired) electrons. The summed E-state index contributed by atoms with van der Waals surface area (Å²) in [5.74, 6) is 0. The standard InChI is InChI=1S/C11H13ClOS2/c1-14-11(15-2)7-10(13)8-3-5-9(12)6-4-8/h3-7,10,13H,1-2H3. The van der Waals surface area contributed by atoms with E-state index in [-0.39, 0.29) is 0 Å². The van der Waals surface area contributed by atoms with Crippen molar-refractivity contribution in [3.8, 4) is 0 Å². The van der Waals surface area contributed by atoms with E-state index in [2.05, 4.69) is 0 Å². The topological polar surface area (TPSA) is 20.2 Å². The van der Waals surface area contributed by atoms with Gasteiger partial charge in [0.2, 0.25) is 0 Å². The van der Waals surface area contributed by atoms with Crippen LogP contribution in [0, 0.1) is 0 Å². The van der Waals surface area contributed by atoms with Gasteiger partial charge in [0.05, 0.1) is 6.10 Å². The smallest absolute Gasteiger partial charge is 0.0990 e. The van der Waals surface area contributed by atoms with Crippen LogP contribution in [0.3, 0.4) is 0 Å². The van der Waals surface area contributed by atoms with Crippen LogP contribution in [0.4, 0.5) is 0 Å². The Hall–Kier alpha value is -0.0900. The van der Waals surface area contributed by atoms with Crippen LogP contribution in [0.5, 0.6) is 0 Å². The van der Waals surface area contributed by atoms with Crippen LogP contribution in [0.1, 0.15) is 11.7 Å². The molecule has 1 unspecified atom stereocenters. The van der Waals surface area contributed by atoms with Crippen molar-refractivity contribution in [1.82, 2.24) is 0 Å². The molecule has 0 aliphatic heterocycles. The third-order valence-corrected chi connectivity index (χ3v) is 4.24. The first-order chi connectivity index (χ1) is 7.17. The average Bonchev–Trinajstić information content (AvgIpc) is 2.26. The van der Waals surface area contributed by atoms with Gasteiger partial charge in [-0.25, -0.2) is 0 Å². The van der Waals surface area contributed by atoms with E-state index in [1.165, 1.54) is 0 Å². The molecule has 0 fully saturated rings. The SMILES string of the molecule is CSC(=CC(O)c1ccc(Cl)cc1)SC. The van der Waals surface area contributed by atoms with Crippen molar-refractivity contribution < 1.29 is 5.11 Å². The molecule has 0 saturated heterocycles. The number of rotatable bonds is 4. The lowest BCUT2D eigenvalue weighted by Crippen LogP contribution is -1.93. The number of halogens is 1. The van der Waals surface area contributed by atoms with Crippen molar-refractivity contribution in [2.45, 2.75) is 6.10 Å². The average molecular weight is 261 g/mol. The molecule has 0 aromatic heterocycles. The minimum absolute atomic E-state index is 0.558. The summed E-state index contributed by atoms with van der Waals surface area (Å²) in [4.78, 5) is 0. The molecule has 1 atom stereocenters. The third-order valence-electron chi connectivity index (χ3n) is 1.91. The minimum Gasteiger partial charge on any atom is -0.384 e. The highest BCUT2D eigenvalue weighted by Gasteiger charge is 2.05. The Morgan fingerprint density at radius 1 is 1.27 bits per heavy atom. The summed E-state index contributed by atoms with van der Waals surface area (Å²) >= 11 is 9.04. The van der Waals surface area contributed by atoms with Crippen LogP contribution in [0.15, 0.2) is 34.6 Å². The van der Waals surface area contributed by atoms with E-state index < -0.39 is 6.10 Å². The molecule has 82 valence electrons. The molecule has 0 aliphatic carbocycles. The monoisotopic (exact) mass is 260 g/mol. The van der Waals surface area contributed by atoms with Crippen molar-refractivity contribution in [1.29, 1.82) is 0 Å². The van der Waals surface area contributed by atoms with Gasteiger partial charge in [0.1, 0.15) is 0 Å². The molecule has 0 amide bonds. The molecule has 15 heavy (non-hydrogen) atoms. The van der Waals surface area contributed by atoms with Gasteiger partial charge in [-0.05, 0) is 36.3 Å². The Balaban J connectivity index is 2.80. The van der Waals surface area contributed by atoms with Gasteiger partial charge in [-0.15, -0.1) is 23.5 Å². The fourth-order valence-electron chi connectivity index (χ4n) is 1.10. The van der Waals surface area contributed by atoms with Crippen LogP contribution in [-0.4, -0.2) is 17.6 Å². The molecule has 0 bridgehead atoms. The zero-order valence-corrected chi connectivity index (χ0v) is 11.0. The largest absolute Gasteiger partial charge is 0.384 e. The van der Waals surface area contributed by atoms with Crippen molar-refractivity contribution in [2.24, 2.45) is 0 Å². The Morgan fingerprint density at radius 2 is 1.80 bits per heavy atom. The Bertz CT molecular complexity index is 329. The predicted octanol–water partition coefficient (Wildman–Crippen LogP) is 3.94. The summed E-state index contributed by atoms with van der Waals surface area (Å²) in [6, 6.07) is 7.24. The molecule has 0 spiro atoms. The first-order valence-corrected chi connectivity index (χ1v) is 7.23. The Kier molecular flexibility index (Phi) is 5.61. The lowest BCUT2D eigenvalue weighted by Gasteiger charge is -2.08. The second-order valence-corrected chi connectivity index (χ2v) is 5.28. The fourth-order valence-corrected chi connectivity index (χ4v) is 2.43. The Labute approximate surface area is 104 Å². The molecule has 0 saturated carbocycles. The second kappa shape index (κ2) is 6.48. The van der Waals surface area contributed by atoms with Gasteiger partial charge in [-0.3, -0.25) is 0 Å².